The molecular weight excluding hydrogens is 270 g/mol. The Morgan fingerprint density at radius 1 is 1.14 bits per heavy atom. The molecule has 0 aromatic heterocycles. The summed E-state index contributed by atoms with van der Waals surface area (Å²) in [4.78, 5) is 23.5. The maximum absolute atomic E-state index is 11.8. The van der Waals surface area contributed by atoms with E-state index in [4.69, 9.17) is 9.47 Å². The number of hydrogen-bond acceptors (Lipinski definition) is 4. The van der Waals surface area contributed by atoms with E-state index in [1.54, 1.807) is 6.92 Å². The van der Waals surface area contributed by atoms with Crippen molar-refractivity contribution in [1.29, 1.82) is 0 Å². The van der Waals surface area contributed by atoms with E-state index < -0.39 is 18.1 Å². The number of rotatable bonds is 8. The molecule has 1 unspecified atom stereocenters. The van der Waals surface area contributed by atoms with Crippen LogP contribution in [0.2, 0.25) is 0 Å². The van der Waals surface area contributed by atoms with Gasteiger partial charge in [0.15, 0.2) is 0 Å². The molecule has 0 heterocycles. The number of amides is 1. The fourth-order valence-corrected chi connectivity index (χ4v) is 1.81. The molecule has 5 nitrogen and oxygen atoms in total. The van der Waals surface area contributed by atoms with Crippen LogP contribution in [-0.2, 0) is 20.9 Å². The monoisotopic (exact) mass is 293 g/mol. The fraction of sp³-hybridized carbons (Fsp3) is 0.500. The van der Waals surface area contributed by atoms with Gasteiger partial charge in [0.25, 0.3) is 0 Å². The van der Waals surface area contributed by atoms with Gasteiger partial charge in [0, 0.05) is 0 Å². The summed E-state index contributed by atoms with van der Waals surface area (Å²) in [6.07, 6.45) is 1.72. The van der Waals surface area contributed by atoms with Crippen LogP contribution >= 0.6 is 0 Å². The third kappa shape index (κ3) is 6.79. The van der Waals surface area contributed by atoms with Gasteiger partial charge >= 0.3 is 12.1 Å². The molecule has 116 valence electrons. The maximum Gasteiger partial charge on any atom is 0.408 e. The Hall–Kier alpha value is -2.04. The molecule has 1 amide bonds. The van der Waals surface area contributed by atoms with Gasteiger partial charge in [0.1, 0.15) is 12.6 Å². The zero-order valence-corrected chi connectivity index (χ0v) is 12.6. The highest BCUT2D eigenvalue weighted by molar-refractivity contribution is 5.81. The molecule has 1 aromatic carbocycles. The molecule has 0 aliphatic rings. The predicted molar refractivity (Wildman–Crippen MR) is 79.7 cm³/mol. The molecule has 21 heavy (non-hydrogen) atoms. The minimum Gasteiger partial charge on any atom is -0.464 e. The van der Waals surface area contributed by atoms with Gasteiger partial charge in [-0.2, -0.15) is 0 Å². The molecule has 1 atom stereocenters. The average Bonchev–Trinajstić information content (AvgIpc) is 2.50. The molecule has 0 bridgehead atoms. The molecular formula is C16H23NO4. The number of benzene rings is 1. The van der Waals surface area contributed by atoms with Crippen LogP contribution in [0.4, 0.5) is 4.79 Å². The summed E-state index contributed by atoms with van der Waals surface area (Å²) < 4.78 is 10.1. The van der Waals surface area contributed by atoms with Crippen molar-refractivity contribution in [3.05, 3.63) is 35.9 Å². The standard InChI is InChI=1S/C16H23NO4/c1-3-5-11-14(15(18)20-4-2)17-16(19)21-12-13-9-7-6-8-10-13/h6-10,14H,3-5,11-12H2,1-2H3,(H,17,19). The van der Waals surface area contributed by atoms with Crippen LogP contribution in [0, 0.1) is 0 Å². The van der Waals surface area contributed by atoms with E-state index in [-0.39, 0.29) is 6.61 Å². The number of nitrogens with one attached hydrogen (secondary N) is 1. The first-order valence-corrected chi connectivity index (χ1v) is 7.31. The topological polar surface area (TPSA) is 64.6 Å². The molecule has 0 fully saturated rings. The van der Waals surface area contributed by atoms with Crippen molar-refractivity contribution < 1.29 is 19.1 Å². The number of alkyl carbamates (subject to hydrolysis) is 1. The lowest BCUT2D eigenvalue weighted by atomic mass is 10.1. The van der Waals surface area contributed by atoms with E-state index in [2.05, 4.69) is 5.32 Å². The summed E-state index contributed by atoms with van der Waals surface area (Å²) in [7, 11) is 0. The van der Waals surface area contributed by atoms with Gasteiger partial charge in [0.2, 0.25) is 0 Å². The van der Waals surface area contributed by atoms with Crippen LogP contribution in [0.25, 0.3) is 0 Å². The van der Waals surface area contributed by atoms with Crippen molar-refractivity contribution in [2.45, 2.75) is 45.8 Å². The van der Waals surface area contributed by atoms with Crippen molar-refractivity contribution in [2.24, 2.45) is 0 Å². The summed E-state index contributed by atoms with van der Waals surface area (Å²) in [6.45, 7) is 4.23. The normalized spacial score (nSPS) is 11.5. The Kier molecular flexibility index (Phi) is 7.94. The molecule has 0 saturated carbocycles. The van der Waals surface area contributed by atoms with Crippen molar-refractivity contribution in [1.82, 2.24) is 5.32 Å². The van der Waals surface area contributed by atoms with Gasteiger partial charge in [0.05, 0.1) is 6.61 Å². The van der Waals surface area contributed by atoms with Crippen LogP contribution in [-0.4, -0.2) is 24.7 Å². The van der Waals surface area contributed by atoms with Crippen molar-refractivity contribution >= 4 is 12.1 Å². The largest absolute Gasteiger partial charge is 0.464 e. The van der Waals surface area contributed by atoms with Crippen molar-refractivity contribution in [3.8, 4) is 0 Å². The highest BCUT2D eigenvalue weighted by Crippen LogP contribution is 2.05. The average molecular weight is 293 g/mol. The summed E-state index contributed by atoms with van der Waals surface area (Å²) >= 11 is 0. The van der Waals surface area contributed by atoms with Crippen LogP contribution in [0.15, 0.2) is 30.3 Å². The van der Waals surface area contributed by atoms with Gasteiger partial charge in [-0.3, -0.25) is 0 Å². The van der Waals surface area contributed by atoms with Crippen LogP contribution in [0.5, 0.6) is 0 Å². The van der Waals surface area contributed by atoms with Crippen LogP contribution in [0.1, 0.15) is 38.7 Å². The number of unbranched alkanes of at least 4 members (excludes halogenated alkanes) is 1. The molecule has 0 aliphatic heterocycles. The van der Waals surface area contributed by atoms with Crippen molar-refractivity contribution in [3.63, 3.8) is 0 Å². The number of esters is 1. The number of ether oxygens (including phenoxy) is 2. The Bertz CT molecular complexity index is 433. The van der Waals surface area contributed by atoms with E-state index in [9.17, 15) is 9.59 Å². The van der Waals surface area contributed by atoms with Crippen molar-refractivity contribution in [2.75, 3.05) is 6.61 Å². The van der Waals surface area contributed by atoms with E-state index in [1.165, 1.54) is 0 Å². The lowest BCUT2D eigenvalue weighted by Crippen LogP contribution is -2.42. The molecule has 1 aromatic rings. The molecule has 0 saturated heterocycles. The summed E-state index contributed by atoms with van der Waals surface area (Å²) in [5.74, 6) is -0.414. The third-order valence-corrected chi connectivity index (χ3v) is 2.92. The summed E-state index contributed by atoms with van der Waals surface area (Å²) in [5, 5.41) is 2.57. The Balaban J connectivity index is 2.45. The van der Waals surface area contributed by atoms with Crippen LogP contribution in [0.3, 0.4) is 0 Å². The molecule has 1 rings (SSSR count). The summed E-state index contributed by atoms with van der Waals surface area (Å²) in [6, 6.07) is 8.73. The number of hydrogen-bond donors (Lipinski definition) is 1. The van der Waals surface area contributed by atoms with Gasteiger partial charge in [-0.25, -0.2) is 9.59 Å². The van der Waals surface area contributed by atoms with Gasteiger partial charge in [-0.15, -0.1) is 0 Å². The second kappa shape index (κ2) is 9.80. The lowest BCUT2D eigenvalue weighted by Gasteiger charge is -2.16. The number of carbonyl (C=O) groups is 2. The number of carbonyl (C=O) groups excluding carboxylic acids is 2. The zero-order valence-electron chi connectivity index (χ0n) is 12.6. The van der Waals surface area contributed by atoms with Gasteiger partial charge < -0.3 is 14.8 Å². The highest BCUT2D eigenvalue weighted by atomic mass is 16.6. The first-order chi connectivity index (χ1) is 10.2. The zero-order chi connectivity index (χ0) is 15.5. The SMILES string of the molecule is CCCCC(NC(=O)OCc1ccccc1)C(=O)OCC. The predicted octanol–water partition coefficient (Wildman–Crippen LogP) is 3.03. The fourth-order valence-electron chi connectivity index (χ4n) is 1.81. The summed E-state index contributed by atoms with van der Waals surface area (Å²) in [5.41, 5.74) is 0.897. The first kappa shape index (κ1) is 17.0. The first-order valence-electron chi connectivity index (χ1n) is 7.31. The minimum absolute atomic E-state index is 0.177. The molecule has 0 radical (unpaired) electrons. The van der Waals surface area contributed by atoms with Crippen LogP contribution < -0.4 is 5.32 Å². The quantitative estimate of drug-likeness (QED) is 0.748. The Morgan fingerprint density at radius 3 is 2.48 bits per heavy atom. The Morgan fingerprint density at radius 2 is 1.86 bits per heavy atom. The second-order valence-corrected chi connectivity index (χ2v) is 4.65. The maximum atomic E-state index is 11.8. The van der Waals surface area contributed by atoms with Gasteiger partial charge in [-0.1, -0.05) is 50.1 Å². The minimum atomic E-state index is -0.645. The highest BCUT2D eigenvalue weighted by Gasteiger charge is 2.22. The molecule has 0 spiro atoms. The van der Waals surface area contributed by atoms with E-state index in [1.807, 2.05) is 37.3 Å². The second-order valence-electron chi connectivity index (χ2n) is 4.65. The van der Waals surface area contributed by atoms with Gasteiger partial charge in [-0.05, 0) is 18.9 Å². The van der Waals surface area contributed by atoms with E-state index in [0.29, 0.717) is 13.0 Å². The van der Waals surface area contributed by atoms with E-state index >= 15 is 0 Å². The lowest BCUT2D eigenvalue weighted by molar-refractivity contribution is -0.145. The third-order valence-electron chi connectivity index (χ3n) is 2.92. The molecule has 1 N–H and O–H groups in total. The molecule has 5 heteroatoms. The smallest absolute Gasteiger partial charge is 0.408 e. The van der Waals surface area contributed by atoms with E-state index in [0.717, 1.165) is 18.4 Å². The molecule has 0 aliphatic carbocycles. The Labute approximate surface area is 125 Å².